The number of nitrogens with zero attached hydrogens (tertiary/aromatic N) is 4. The van der Waals surface area contributed by atoms with Crippen LogP contribution in [0.15, 0.2) is 60.0 Å². The molecule has 0 N–H and O–H groups in total. The van der Waals surface area contributed by atoms with Gasteiger partial charge in [-0.05, 0) is 44.4 Å². The monoisotopic (exact) mass is 476 g/mol. The van der Waals surface area contributed by atoms with Crippen molar-refractivity contribution in [2.24, 2.45) is 0 Å². The Morgan fingerprint density at radius 1 is 0.882 bits per heavy atom. The first-order valence-corrected chi connectivity index (χ1v) is 13.2. The van der Waals surface area contributed by atoms with Crippen LogP contribution in [0.2, 0.25) is 0 Å². The third-order valence-electron chi connectivity index (χ3n) is 6.15. The number of aryl methyl sites for hydroxylation is 3. The summed E-state index contributed by atoms with van der Waals surface area (Å²) in [4.78, 5) is 11.7. The minimum Gasteiger partial charge on any atom is -0.355 e. The van der Waals surface area contributed by atoms with Gasteiger partial charge in [-0.3, -0.25) is 0 Å². The van der Waals surface area contributed by atoms with Crippen molar-refractivity contribution in [1.82, 2.24) is 14.3 Å². The van der Waals surface area contributed by atoms with Crippen molar-refractivity contribution in [2.45, 2.75) is 33.6 Å². The molecule has 1 fully saturated rings. The number of hydrogen-bond donors (Lipinski definition) is 0. The number of hydrogen-bond acceptors (Lipinski definition) is 5. The molecule has 1 aromatic heterocycles. The first-order chi connectivity index (χ1) is 16.3. The van der Waals surface area contributed by atoms with Crippen LogP contribution in [0.3, 0.4) is 0 Å². The van der Waals surface area contributed by atoms with Crippen molar-refractivity contribution in [2.75, 3.05) is 31.1 Å². The first kappa shape index (κ1) is 24.1. The summed E-state index contributed by atoms with van der Waals surface area (Å²) in [6, 6.07) is 18.0. The zero-order valence-electron chi connectivity index (χ0n) is 20.1. The van der Waals surface area contributed by atoms with Crippen LogP contribution in [0.1, 0.15) is 40.2 Å². The average Bonchev–Trinajstić information content (AvgIpc) is 3.08. The van der Waals surface area contributed by atoms with Gasteiger partial charge in [-0.1, -0.05) is 60.2 Å². The smallest absolute Gasteiger partial charge is 0.236 e. The Morgan fingerprint density at radius 2 is 1.62 bits per heavy atom. The normalized spacial score (nSPS) is 15.6. The molecule has 1 saturated heterocycles. The second-order valence-corrected chi connectivity index (χ2v) is 10.6. The molecule has 4 rings (SSSR count). The van der Waals surface area contributed by atoms with Crippen molar-refractivity contribution < 1.29 is 8.42 Å². The molecule has 1 aliphatic rings. The van der Waals surface area contributed by atoms with E-state index in [0.717, 1.165) is 47.8 Å². The summed E-state index contributed by atoms with van der Waals surface area (Å²) in [5, 5.41) is 1.32. The first-order valence-electron chi connectivity index (χ1n) is 11.7. The van der Waals surface area contributed by atoms with E-state index in [9.17, 15) is 8.42 Å². The highest BCUT2D eigenvalue weighted by Crippen LogP contribution is 2.26. The quantitative estimate of drug-likeness (QED) is 0.524. The summed E-state index contributed by atoms with van der Waals surface area (Å²) in [6.45, 7) is 8.30. The van der Waals surface area contributed by atoms with E-state index in [1.54, 1.807) is 10.4 Å². The number of benzene rings is 2. The molecule has 2 aromatic carbocycles. The maximum Gasteiger partial charge on any atom is 0.236 e. The van der Waals surface area contributed by atoms with E-state index in [-0.39, 0.29) is 0 Å². The van der Waals surface area contributed by atoms with Crippen molar-refractivity contribution in [3.05, 3.63) is 93.8 Å². The third-order valence-corrected chi connectivity index (χ3v) is 7.72. The van der Waals surface area contributed by atoms with Gasteiger partial charge in [0.05, 0.1) is 0 Å². The van der Waals surface area contributed by atoms with Crippen LogP contribution in [0.5, 0.6) is 0 Å². The Morgan fingerprint density at radius 3 is 2.35 bits per heavy atom. The van der Waals surface area contributed by atoms with Gasteiger partial charge in [-0.15, -0.1) is 0 Å². The van der Waals surface area contributed by atoms with Crippen LogP contribution >= 0.6 is 0 Å². The number of anilines is 1. The van der Waals surface area contributed by atoms with E-state index in [2.05, 4.69) is 41.1 Å². The second kappa shape index (κ2) is 10.5. The summed E-state index contributed by atoms with van der Waals surface area (Å²) in [5.41, 5.74) is 5.40. The van der Waals surface area contributed by atoms with E-state index in [0.29, 0.717) is 19.6 Å². The van der Waals surface area contributed by atoms with Crippen LogP contribution in [0.4, 0.5) is 5.82 Å². The lowest BCUT2D eigenvalue weighted by molar-refractivity contribution is 0.440. The van der Waals surface area contributed by atoms with Crippen LogP contribution in [0.25, 0.3) is 6.08 Å². The lowest BCUT2D eigenvalue weighted by Gasteiger charge is -2.25. The summed E-state index contributed by atoms with van der Waals surface area (Å²) >= 11 is 0. The highest BCUT2D eigenvalue weighted by atomic mass is 32.2. The van der Waals surface area contributed by atoms with Gasteiger partial charge < -0.3 is 4.90 Å². The highest BCUT2D eigenvalue weighted by Gasteiger charge is 2.25. The second-order valence-electron chi connectivity index (χ2n) is 8.82. The fourth-order valence-corrected chi connectivity index (χ4v) is 5.49. The molecular formula is C27H32N4O2S. The van der Waals surface area contributed by atoms with Gasteiger partial charge in [-0.2, -0.15) is 4.31 Å². The predicted molar refractivity (Wildman–Crippen MR) is 138 cm³/mol. The Labute approximate surface area is 203 Å². The fourth-order valence-electron chi connectivity index (χ4n) is 4.27. The molecule has 2 heterocycles. The van der Waals surface area contributed by atoms with E-state index in [4.69, 9.17) is 4.98 Å². The van der Waals surface area contributed by atoms with E-state index < -0.39 is 10.0 Å². The fraction of sp³-hybridized carbons (Fsp3) is 0.333. The van der Waals surface area contributed by atoms with Crippen molar-refractivity contribution in [3.63, 3.8) is 0 Å². The number of aromatic nitrogens is 2. The molecule has 1 aliphatic heterocycles. The van der Waals surface area contributed by atoms with Gasteiger partial charge in [0.2, 0.25) is 10.0 Å². The third kappa shape index (κ3) is 5.90. The SMILES string of the molecule is Cc1ccc(Cc2c(C)nc(C)nc2N2CCCN(S(=O)(=O)/C=C/c3ccccc3)CC2)cc1. The summed E-state index contributed by atoms with van der Waals surface area (Å²) in [5.74, 6) is 1.66. The van der Waals surface area contributed by atoms with Crippen molar-refractivity contribution >= 4 is 21.9 Å². The molecule has 0 spiro atoms. The molecule has 0 bridgehead atoms. The molecule has 0 unspecified atom stereocenters. The maximum atomic E-state index is 13.0. The van der Waals surface area contributed by atoms with Crippen LogP contribution in [-0.2, 0) is 16.4 Å². The van der Waals surface area contributed by atoms with Gasteiger partial charge in [0.1, 0.15) is 11.6 Å². The predicted octanol–water partition coefficient (Wildman–Crippen LogP) is 4.51. The van der Waals surface area contributed by atoms with E-state index >= 15 is 0 Å². The van der Waals surface area contributed by atoms with Gasteiger partial charge in [0.15, 0.2) is 0 Å². The summed E-state index contributed by atoms with van der Waals surface area (Å²) < 4.78 is 27.6. The van der Waals surface area contributed by atoms with Gasteiger partial charge in [0.25, 0.3) is 0 Å². The maximum absolute atomic E-state index is 13.0. The largest absolute Gasteiger partial charge is 0.355 e. The van der Waals surface area contributed by atoms with E-state index in [1.807, 2.05) is 44.2 Å². The van der Waals surface area contributed by atoms with Crippen LogP contribution in [-0.4, -0.2) is 48.9 Å². The molecule has 0 radical (unpaired) electrons. The zero-order chi connectivity index (χ0) is 24.1. The Kier molecular flexibility index (Phi) is 7.44. The summed E-state index contributed by atoms with van der Waals surface area (Å²) in [6.07, 6.45) is 3.15. The number of sulfonamides is 1. The molecule has 0 amide bonds. The Bertz CT molecular complexity index is 1260. The minimum atomic E-state index is -3.50. The molecule has 34 heavy (non-hydrogen) atoms. The highest BCUT2D eigenvalue weighted by molar-refractivity contribution is 7.92. The molecule has 7 heteroatoms. The van der Waals surface area contributed by atoms with Crippen LogP contribution in [0, 0.1) is 20.8 Å². The standard InChI is InChI=1S/C27H32N4O2S/c1-21-10-12-25(13-11-21)20-26-22(2)28-23(3)29-27(26)30-15-7-16-31(18-17-30)34(32,33)19-14-24-8-5-4-6-9-24/h4-6,8-14,19H,7,15-18,20H2,1-3H3/b19-14+. The van der Waals surface area contributed by atoms with Gasteiger partial charge >= 0.3 is 0 Å². The molecule has 178 valence electrons. The molecule has 0 aliphatic carbocycles. The lowest BCUT2D eigenvalue weighted by Crippen LogP contribution is -2.34. The molecule has 6 nitrogen and oxygen atoms in total. The lowest BCUT2D eigenvalue weighted by atomic mass is 10.0. The average molecular weight is 477 g/mol. The van der Waals surface area contributed by atoms with Crippen molar-refractivity contribution in [1.29, 1.82) is 0 Å². The molecular weight excluding hydrogens is 444 g/mol. The summed E-state index contributed by atoms with van der Waals surface area (Å²) in [7, 11) is -3.50. The van der Waals surface area contributed by atoms with E-state index in [1.165, 1.54) is 16.5 Å². The number of rotatable bonds is 6. The van der Waals surface area contributed by atoms with Gasteiger partial charge in [-0.25, -0.2) is 18.4 Å². The van der Waals surface area contributed by atoms with Crippen molar-refractivity contribution in [3.8, 4) is 0 Å². The topological polar surface area (TPSA) is 66.4 Å². The Hall–Kier alpha value is -3.03. The molecule has 3 aromatic rings. The zero-order valence-corrected chi connectivity index (χ0v) is 20.9. The van der Waals surface area contributed by atoms with Crippen LogP contribution < -0.4 is 4.90 Å². The minimum absolute atomic E-state index is 0.424. The van der Waals surface area contributed by atoms with Gasteiger partial charge in [0, 0.05) is 49.3 Å². The molecule has 0 atom stereocenters. The Balaban J connectivity index is 1.54. The molecule has 0 saturated carbocycles.